The summed E-state index contributed by atoms with van der Waals surface area (Å²) in [5.74, 6) is 0.488. The largest absolute Gasteiger partial charge is 0.508 e. The molecule has 0 unspecified atom stereocenters. The van der Waals surface area contributed by atoms with Crippen LogP contribution in [-0.2, 0) is 6.42 Å². The minimum atomic E-state index is -0.338. The molecule has 4 rings (SSSR count). The third kappa shape index (κ3) is 5.12. The number of amides is 1. The van der Waals surface area contributed by atoms with Crippen LogP contribution in [0, 0.1) is 5.82 Å². The molecule has 0 saturated carbocycles. The zero-order chi connectivity index (χ0) is 23.4. The molecular weight excluding hydrogens is 443 g/mol. The maximum absolute atomic E-state index is 13.3. The molecule has 0 saturated heterocycles. The van der Waals surface area contributed by atoms with Gasteiger partial charge in [0.05, 0.1) is 19.9 Å². The van der Waals surface area contributed by atoms with Gasteiger partial charge in [-0.15, -0.1) is 11.3 Å². The summed E-state index contributed by atoms with van der Waals surface area (Å²) in [6.45, 7) is 0. The Morgan fingerprint density at radius 2 is 1.70 bits per heavy atom. The lowest BCUT2D eigenvalue weighted by Crippen LogP contribution is -2.11. The van der Waals surface area contributed by atoms with Crippen molar-refractivity contribution in [3.63, 3.8) is 0 Å². The monoisotopic (exact) mass is 464 g/mol. The molecule has 0 fully saturated rings. The van der Waals surface area contributed by atoms with Crippen LogP contribution >= 0.6 is 11.3 Å². The van der Waals surface area contributed by atoms with E-state index >= 15 is 0 Å². The molecule has 6 nitrogen and oxygen atoms in total. The standard InChI is InChI=1S/C25H21FN2O4S/c1-31-20-12-7-17(14-21(20)32-2)24(30)28-25-27-23(16-5-10-19(29)11-6-16)22(33-25)13-15-3-8-18(26)9-4-15/h3-12,14,29H,13H2,1-2H3,(H,27,28,30). The van der Waals surface area contributed by atoms with Gasteiger partial charge in [0, 0.05) is 22.4 Å². The molecule has 33 heavy (non-hydrogen) atoms. The zero-order valence-electron chi connectivity index (χ0n) is 18.0. The molecule has 168 valence electrons. The number of methoxy groups -OCH3 is 2. The Morgan fingerprint density at radius 3 is 2.36 bits per heavy atom. The van der Waals surface area contributed by atoms with Crippen LogP contribution in [0.4, 0.5) is 9.52 Å². The van der Waals surface area contributed by atoms with Crippen molar-refractivity contribution < 1.29 is 23.8 Å². The van der Waals surface area contributed by atoms with Gasteiger partial charge in [-0.1, -0.05) is 12.1 Å². The van der Waals surface area contributed by atoms with Crippen molar-refractivity contribution in [2.75, 3.05) is 19.5 Å². The highest BCUT2D eigenvalue weighted by Crippen LogP contribution is 2.34. The molecule has 0 radical (unpaired) electrons. The summed E-state index contributed by atoms with van der Waals surface area (Å²) < 4.78 is 23.8. The Morgan fingerprint density at radius 1 is 1.00 bits per heavy atom. The van der Waals surface area contributed by atoms with Gasteiger partial charge in [0.2, 0.25) is 0 Å². The highest BCUT2D eigenvalue weighted by atomic mass is 32.1. The molecule has 2 N–H and O–H groups in total. The number of phenolic OH excluding ortho intramolecular Hbond substituents is 1. The normalized spacial score (nSPS) is 10.6. The summed E-state index contributed by atoms with van der Waals surface area (Å²) >= 11 is 1.34. The molecule has 0 bridgehead atoms. The highest BCUT2D eigenvalue weighted by Gasteiger charge is 2.17. The van der Waals surface area contributed by atoms with E-state index in [0.717, 1.165) is 16.0 Å². The van der Waals surface area contributed by atoms with Crippen molar-refractivity contribution in [3.8, 4) is 28.5 Å². The zero-order valence-corrected chi connectivity index (χ0v) is 18.8. The number of carbonyl (C=O) groups is 1. The van der Waals surface area contributed by atoms with Crippen LogP contribution in [0.3, 0.4) is 0 Å². The van der Waals surface area contributed by atoms with E-state index in [0.29, 0.717) is 34.3 Å². The number of nitrogens with one attached hydrogen (secondary N) is 1. The molecule has 0 aliphatic carbocycles. The van der Waals surface area contributed by atoms with Crippen LogP contribution in [0.25, 0.3) is 11.3 Å². The molecule has 1 aromatic heterocycles. The van der Waals surface area contributed by atoms with Crippen molar-refractivity contribution in [3.05, 3.63) is 88.6 Å². The third-order valence-corrected chi connectivity index (χ3v) is 5.95. The van der Waals surface area contributed by atoms with Gasteiger partial charge >= 0.3 is 0 Å². The van der Waals surface area contributed by atoms with Gasteiger partial charge in [0.1, 0.15) is 11.6 Å². The van der Waals surface area contributed by atoms with Crippen LogP contribution in [0.15, 0.2) is 66.7 Å². The first-order valence-electron chi connectivity index (χ1n) is 10.0. The average molecular weight is 465 g/mol. The van der Waals surface area contributed by atoms with Gasteiger partial charge in [0.25, 0.3) is 5.91 Å². The maximum Gasteiger partial charge on any atom is 0.257 e. The molecule has 0 aliphatic heterocycles. The maximum atomic E-state index is 13.3. The number of thiazole rings is 1. The van der Waals surface area contributed by atoms with Gasteiger partial charge in [-0.2, -0.15) is 0 Å². The molecule has 8 heteroatoms. The lowest BCUT2D eigenvalue weighted by molar-refractivity contribution is 0.102. The molecule has 0 atom stereocenters. The number of hydrogen-bond acceptors (Lipinski definition) is 6. The summed E-state index contributed by atoms with van der Waals surface area (Å²) in [5, 5.41) is 12.9. The van der Waals surface area contributed by atoms with Crippen molar-refractivity contribution in [1.82, 2.24) is 4.98 Å². The summed E-state index contributed by atoms with van der Waals surface area (Å²) in [7, 11) is 3.03. The van der Waals surface area contributed by atoms with E-state index in [9.17, 15) is 14.3 Å². The third-order valence-electron chi connectivity index (χ3n) is 4.98. The number of aromatic hydroxyl groups is 1. The molecule has 0 aliphatic rings. The molecule has 4 aromatic rings. The van der Waals surface area contributed by atoms with Crippen LogP contribution in [-0.4, -0.2) is 30.2 Å². The summed E-state index contributed by atoms with van der Waals surface area (Å²) in [5.41, 5.74) is 2.80. The van der Waals surface area contributed by atoms with Gasteiger partial charge in [0.15, 0.2) is 16.6 Å². The number of aromatic nitrogens is 1. The van der Waals surface area contributed by atoms with Crippen LogP contribution in [0.1, 0.15) is 20.8 Å². The van der Waals surface area contributed by atoms with Crippen molar-refractivity contribution in [2.45, 2.75) is 6.42 Å². The average Bonchev–Trinajstić information content (AvgIpc) is 3.22. The first kappa shape index (κ1) is 22.3. The molecule has 1 heterocycles. The minimum absolute atomic E-state index is 0.149. The second-order valence-corrected chi connectivity index (χ2v) is 8.25. The van der Waals surface area contributed by atoms with Gasteiger partial charge in [-0.25, -0.2) is 9.37 Å². The van der Waals surface area contributed by atoms with Crippen LogP contribution in [0.2, 0.25) is 0 Å². The molecular formula is C25H21FN2O4S. The van der Waals surface area contributed by atoms with Crippen LogP contribution in [0.5, 0.6) is 17.2 Å². The number of nitrogens with zero attached hydrogens (tertiary/aromatic N) is 1. The second kappa shape index (κ2) is 9.70. The number of rotatable bonds is 7. The topological polar surface area (TPSA) is 80.7 Å². The SMILES string of the molecule is COc1ccc(C(=O)Nc2nc(-c3ccc(O)cc3)c(Cc3ccc(F)cc3)s2)cc1OC. The Labute approximate surface area is 194 Å². The van der Waals surface area contributed by atoms with E-state index in [2.05, 4.69) is 10.3 Å². The molecule has 3 aromatic carbocycles. The number of hydrogen-bond donors (Lipinski definition) is 2. The van der Waals surface area contributed by atoms with Gasteiger partial charge in [-0.05, 0) is 60.2 Å². The molecule has 0 spiro atoms. The van der Waals surface area contributed by atoms with Gasteiger partial charge in [-0.3, -0.25) is 10.1 Å². The van der Waals surface area contributed by atoms with E-state index in [1.807, 2.05) is 0 Å². The predicted molar refractivity (Wildman–Crippen MR) is 126 cm³/mol. The fourth-order valence-electron chi connectivity index (χ4n) is 3.30. The van der Waals surface area contributed by atoms with E-state index in [1.165, 1.54) is 37.7 Å². The number of ether oxygens (including phenoxy) is 2. The van der Waals surface area contributed by atoms with Crippen molar-refractivity contribution in [2.24, 2.45) is 0 Å². The fraction of sp³-hybridized carbons (Fsp3) is 0.120. The Hall–Kier alpha value is -3.91. The van der Waals surface area contributed by atoms with Crippen molar-refractivity contribution in [1.29, 1.82) is 0 Å². The van der Waals surface area contributed by atoms with Gasteiger partial charge < -0.3 is 14.6 Å². The quantitative estimate of drug-likeness (QED) is 0.377. The molecule has 1 amide bonds. The van der Waals surface area contributed by atoms with E-state index in [1.54, 1.807) is 54.6 Å². The first-order valence-corrected chi connectivity index (χ1v) is 10.9. The lowest BCUT2D eigenvalue weighted by Gasteiger charge is -2.09. The summed E-state index contributed by atoms with van der Waals surface area (Å²) in [6, 6.07) is 17.9. The number of benzene rings is 3. The first-order chi connectivity index (χ1) is 16.0. The van der Waals surface area contributed by atoms with E-state index in [-0.39, 0.29) is 17.5 Å². The predicted octanol–water partition coefficient (Wildman–Crippen LogP) is 5.52. The fourth-order valence-corrected chi connectivity index (χ4v) is 4.32. The lowest BCUT2D eigenvalue weighted by atomic mass is 10.1. The van der Waals surface area contributed by atoms with E-state index in [4.69, 9.17) is 9.47 Å². The number of phenols is 1. The summed E-state index contributed by atoms with van der Waals surface area (Å²) in [6.07, 6.45) is 0.514. The van der Waals surface area contributed by atoms with E-state index < -0.39 is 0 Å². The Balaban J connectivity index is 1.65. The minimum Gasteiger partial charge on any atom is -0.508 e. The number of carbonyl (C=O) groups excluding carboxylic acids is 1. The second-order valence-electron chi connectivity index (χ2n) is 7.16. The van der Waals surface area contributed by atoms with Crippen LogP contribution < -0.4 is 14.8 Å². The number of anilines is 1. The Kier molecular flexibility index (Phi) is 6.55. The van der Waals surface area contributed by atoms with Crippen molar-refractivity contribution >= 4 is 22.4 Å². The summed E-state index contributed by atoms with van der Waals surface area (Å²) in [4.78, 5) is 18.4. The smallest absolute Gasteiger partial charge is 0.257 e. The highest BCUT2D eigenvalue weighted by molar-refractivity contribution is 7.16. The number of halogens is 1. The Bertz CT molecular complexity index is 1270.